The molecule has 1 saturated heterocycles. The average molecular weight is 266 g/mol. The predicted octanol–water partition coefficient (Wildman–Crippen LogP) is -0.0149. The van der Waals surface area contributed by atoms with Gasteiger partial charge in [-0.2, -0.15) is 0 Å². The van der Waals surface area contributed by atoms with Crippen molar-refractivity contribution in [2.24, 2.45) is 5.92 Å². The van der Waals surface area contributed by atoms with Crippen LogP contribution in [0.1, 0.15) is 11.1 Å². The van der Waals surface area contributed by atoms with E-state index >= 15 is 0 Å². The highest BCUT2D eigenvalue weighted by Gasteiger charge is 2.47. The molecule has 0 radical (unpaired) electrons. The largest absolute Gasteiger partial charge is 0.464 e. The summed E-state index contributed by atoms with van der Waals surface area (Å²) >= 11 is 0. The number of hydrogen-bond acceptors (Lipinski definition) is 5. The first-order chi connectivity index (χ1) is 9.10. The van der Waals surface area contributed by atoms with Crippen molar-refractivity contribution in [3.63, 3.8) is 0 Å². The number of hydrogen-bond donors (Lipinski definition) is 3. The van der Waals surface area contributed by atoms with Gasteiger partial charge in [-0.3, -0.25) is 0 Å². The molecule has 2 aliphatic heterocycles. The van der Waals surface area contributed by atoms with E-state index in [4.69, 9.17) is 14.6 Å². The van der Waals surface area contributed by atoms with Crippen molar-refractivity contribution in [2.45, 2.75) is 37.9 Å². The Morgan fingerprint density at radius 2 is 2.05 bits per heavy atom. The topological polar surface area (TPSA) is 79.2 Å². The van der Waals surface area contributed by atoms with E-state index in [9.17, 15) is 10.2 Å². The third-order valence-electron chi connectivity index (χ3n) is 3.92. The number of fused-ring (bicyclic) bond motifs is 2. The maximum absolute atomic E-state index is 10.1. The molecule has 104 valence electrons. The molecule has 0 spiro atoms. The van der Waals surface area contributed by atoms with Crippen LogP contribution >= 0.6 is 0 Å². The highest BCUT2D eigenvalue weighted by Crippen LogP contribution is 2.37. The van der Waals surface area contributed by atoms with E-state index in [1.807, 2.05) is 25.1 Å². The number of rotatable bonds is 1. The first-order valence-corrected chi connectivity index (χ1v) is 6.49. The second-order valence-corrected chi connectivity index (χ2v) is 5.30. The van der Waals surface area contributed by atoms with E-state index in [2.05, 4.69) is 0 Å². The molecule has 3 N–H and O–H groups in total. The molecule has 3 rings (SSSR count). The molecule has 5 unspecified atom stereocenters. The Hall–Kier alpha value is -1.14. The quantitative estimate of drug-likeness (QED) is 0.666. The number of aryl methyl sites for hydroxylation is 1. The molecule has 0 amide bonds. The molecule has 0 saturated carbocycles. The Morgan fingerprint density at radius 1 is 1.26 bits per heavy atom. The van der Waals surface area contributed by atoms with Gasteiger partial charge in [-0.25, -0.2) is 0 Å². The smallest absolute Gasteiger partial charge is 0.206 e. The monoisotopic (exact) mass is 266 g/mol. The molecule has 2 aliphatic rings. The van der Waals surface area contributed by atoms with Crippen molar-refractivity contribution in [1.82, 2.24) is 0 Å². The molecule has 5 heteroatoms. The fraction of sp³-hybridized carbons (Fsp3) is 0.571. The van der Waals surface area contributed by atoms with Crippen LogP contribution in [-0.4, -0.2) is 46.5 Å². The lowest BCUT2D eigenvalue weighted by atomic mass is 9.84. The van der Waals surface area contributed by atoms with Gasteiger partial charge in [-0.05, 0) is 25.0 Å². The molecule has 0 aromatic heterocycles. The zero-order chi connectivity index (χ0) is 13.6. The van der Waals surface area contributed by atoms with Gasteiger partial charge in [-0.1, -0.05) is 17.7 Å². The van der Waals surface area contributed by atoms with Crippen LogP contribution in [0.4, 0.5) is 0 Å². The van der Waals surface area contributed by atoms with E-state index in [1.165, 1.54) is 0 Å². The first kappa shape index (κ1) is 12.9. The highest BCUT2D eigenvalue weighted by molar-refractivity contribution is 5.39. The Labute approximate surface area is 111 Å². The van der Waals surface area contributed by atoms with E-state index in [0.717, 1.165) is 16.9 Å². The summed E-state index contributed by atoms with van der Waals surface area (Å²) in [5, 5.41) is 29.2. The van der Waals surface area contributed by atoms with Gasteiger partial charge >= 0.3 is 0 Å². The average Bonchev–Trinajstić information content (AvgIpc) is 2.41. The number of ether oxygens (including phenoxy) is 2. The molecular weight excluding hydrogens is 248 g/mol. The van der Waals surface area contributed by atoms with Gasteiger partial charge in [0.15, 0.2) is 0 Å². The van der Waals surface area contributed by atoms with Gasteiger partial charge < -0.3 is 24.8 Å². The zero-order valence-corrected chi connectivity index (χ0v) is 10.7. The van der Waals surface area contributed by atoms with Crippen LogP contribution in [0, 0.1) is 12.8 Å². The van der Waals surface area contributed by atoms with Crippen molar-refractivity contribution in [3.05, 3.63) is 29.3 Å². The summed E-state index contributed by atoms with van der Waals surface area (Å²) in [6.07, 6.45) is -2.86. The van der Waals surface area contributed by atoms with Gasteiger partial charge in [-0.15, -0.1) is 0 Å². The summed E-state index contributed by atoms with van der Waals surface area (Å²) in [5.41, 5.74) is 2.14. The third-order valence-corrected chi connectivity index (χ3v) is 3.92. The molecule has 1 aromatic rings. The molecule has 0 aliphatic carbocycles. The van der Waals surface area contributed by atoms with Gasteiger partial charge in [0.05, 0.1) is 18.6 Å². The van der Waals surface area contributed by atoms with E-state index in [0.29, 0.717) is 6.42 Å². The standard InChI is InChI=1S/C14H18O5/c1-7-2-3-10-8(4-7)5-9-12(16)13(17)11(6-15)19-14(9)18-10/h2-4,9,11-17H,5-6H2,1H3. The minimum atomic E-state index is -1.08. The second-order valence-electron chi connectivity index (χ2n) is 5.30. The molecule has 19 heavy (non-hydrogen) atoms. The predicted molar refractivity (Wildman–Crippen MR) is 66.8 cm³/mol. The summed E-state index contributed by atoms with van der Waals surface area (Å²) in [7, 11) is 0. The van der Waals surface area contributed by atoms with Crippen LogP contribution in [0.3, 0.4) is 0 Å². The van der Waals surface area contributed by atoms with Crippen LogP contribution in [-0.2, 0) is 11.2 Å². The zero-order valence-electron chi connectivity index (χ0n) is 10.7. The maximum Gasteiger partial charge on any atom is 0.206 e. The molecule has 0 bridgehead atoms. The third kappa shape index (κ3) is 2.12. The fourth-order valence-corrected chi connectivity index (χ4v) is 2.83. The number of aliphatic hydroxyl groups excluding tert-OH is 3. The summed E-state index contributed by atoms with van der Waals surface area (Å²) in [6, 6.07) is 5.86. The lowest BCUT2D eigenvalue weighted by Gasteiger charge is -2.44. The Morgan fingerprint density at radius 3 is 2.79 bits per heavy atom. The SMILES string of the molecule is Cc1ccc2c(c1)CC1C(O2)OC(CO)C(O)C1O. The maximum atomic E-state index is 10.1. The lowest BCUT2D eigenvalue weighted by molar-refractivity contribution is -0.264. The van der Waals surface area contributed by atoms with Crippen LogP contribution in [0.15, 0.2) is 18.2 Å². The van der Waals surface area contributed by atoms with Crippen molar-refractivity contribution in [2.75, 3.05) is 6.61 Å². The molecule has 5 nitrogen and oxygen atoms in total. The minimum Gasteiger partial charge on any atom is -0.464 e. The van der Waals surface area contributed by atoms with Crippen molar-refractivity contribution < 1.29 is 24.8 Å². The van der Waals surface area contributed by atoms with Crippen molar-refractivity contribution >= 4 is 0 Å². The summed E-state index contributed by atoms with van der Waals surface area (Å²) < 4.78 is 11.3. The number of aliphatic hydroxyl groups is 3. The Bertz CT molecular complexity index is 475. The van der Waals surface area contributed by atoms with Gasteiger partial charge in [0.1, 0.15) is 18.0 Å². The van der Waals surface area contributed by atoms with Crippen LogP contribution in [0.5, 0.6) is 5.75 Å². The Kier molecular flexibility index (Phi) is 3.22. The normalized spacial score (nSPS) is 37.2. The second kappa shape index (κ2) is 4.76. The first-order valence-electron chi connectivity index (χ1n) is 6.49. The molecule has 2 heterocycles. The summed E-state index contributed by atoms with van der Waals surface area (Å²) in [6.45, 7) is 1.66. The lowest BCUT2D eigenvalue weighted by Crippen LogP contribution is -2.58. The molecule has 1 fully saturated rings. The van der Waals surface area contributed by atoms with Crippen molar-refractivity contribution in [3.8, 4) is 5.75 Å². The van der Waals surface area contributed by atoms with Gasteiger partial charge in [0, 0.05) is 0 Å². The molecule has 1 aromatic carbocycles. The Balaban J connectivity index is 1.89. The van der Waals surface area contributed by atoms with E-state index in [-0.39, 0.29) is 12.5 Å². The van der Waals surface area contributed by atoms with Crippen LogP contribution in [0.25, 0.3) is 0 Å². The van der Waals surface area contributed by atoms with Crippen LogP contribution < -0.4 is 4.74 Å². The van der Waals surface area contributed by atoms with Gasteiger partial charge in [0.2, 0.25) is 6.29 Å². The fourth-order valence-electron chi connectivity index (χ4n) is 2.83. The van der Waals surface area contributed by atoms with Crippen molar-refractivity contribution in [1.29, 1.82) is 0 Å². The molecule has 5 atom stereocenters. The molecular formula is C14H18O5. The van der Waals surface area contributed by atoms with Crippen LogP contribution in [0.2, 0.25) is 0 Å². The van der Waals surface area contributed by atoms with Gasteiger partial charge in [0.25, 0.3) is 0 Å². The minimum absolute atomic E-state index is 0.313. The summed E-state index contributed by atoms with van der Waals surface area (Å²) in [4.78, 5) is 0. The number of benzene rings is 1. The van der Waals surface area contributed by atoms with E-state index in [1.54, 1.807) is 0 Å². The highest BCUT2D eigenvalue weighted by atomic mass is 16.7. The van der Waals surface area contributed by atoms with E-state index < -0.39 is 24.6 Å². The summed E-state index contributed by atoms with van der Waals surface area (Å²) in [5.74, 6) is 0.430.